The summed E-state index contributed by atoms with van der Waals surface area (Å²) < 4.78 is 19.1. The summed E-state index contributed by atoms with van der Waals surface area (Å²) in [5.74, 6) is 4.22. The SMILES string of the molecule is C[C@H]1CC[C@@]2(OC1)O[C@H]1CC3[C@@H]4CC[C@@H]5C[C@H](NC(=O)N(CCOC(=O)CN(C)C)C6CCCCC6)CC[C@]5(C)C4CC[C@]3(C)[C@H]1[C@@H]2C. The molecule has 0 radical (unpaired) electrons. The largest absolute Gasteiger partial charge is 0.463 e. The summed E-state index contributed by atoms with van der Waals surface area (Å²) in [5, 5.41) is 3.52. The van der Waals surface area contributed by atoms with E-state index < -0.39 is 0 Å². The number of urea groups is 1. The van der Waals surface area contributed by atoms with Crippen LogP contribution in [0.15, 0.2) is 0 Å². The molecule has 0 aromatic rings. The molecule has 1 spiro atoms. The second kappa shape index (κ2) is 13.6. The second-order valence-corrected chi connectivity index (χ2v) is 18.5. The van der Waals surface area contributed by atoms with E-state index >= 15 is 0 Å². The van der Waals surface area contributed by atoms with E-state index in [9.17, 15) is 9.59 Å². The number of ether oxygens (including phenoxy) is 3. The summed E-state index contributed by atoms with van der Waals surface area (Å²) in [5.41, 5.74) is 0.724. The minimum Gasteiger partial charge on any atom is -0.463 e. The highest BCUT2D eigenvalue weighted by Crippen LogP contribution is 2.71. The van der Waals surface area contributed by atoms with Crippen LogP contribution in [0.3, 0.4) is 0 Å². The van der Waals surface area contributed by atoms with Gasteiger partial charge in [0.15, 0.2) is 5.79 Å². The lowest BCUT2D eigenvalue weighted by atomic mass is 9.44. The topological polar surface area (TPSA) is 80.3 Å². The van der Waals surface area contributed by atoms with Crippen LogP contribution in [0.5, 0.6) is 0 Å². The van der Waals surface area contributed by atoms with Gasteiger partial charge in [-0.1, -0.05) is 47.0 Å². The molecule has 8 heteroatoms. The molecular weight excluding hydrogens is 602 g/mol. The van der Waals surface area contributed by atoms with E-state index in [1.54, 1.807) is 0 Å². The molecule has 7 aliphatic rings. The molecule has 5 saturated carbocycles. The molecule has 2 unspecified atom stereocenters. The summed E-state index contributed by atoms with van der Waals surface area (Å²) in [6.45, 7) is 11.9. The Bertz CT molecular complexity index is 1170. The number of carbonyl (C=O) groups excluding carboxylic acids is 2. The third-order valence-electron chi connectivity index (χ3n) is 15.6. The number of hydrogen-bond donors (Lipinski definition) is 1. The van der Waals surface area contributed by atoms with Crippen LogP contribution in [0.2, 0.25) is 0 Å². The van der Waals surface area contributed by atoms with Gasteiger partial charge in [-0.15, -0.1) is 0 Å². The Morgan fingerprint density at radius 3 is 2.38 bits per heavy atom. The molecule has 2 aliphatic heterocycles. The molecule has 0 bridgehead atoms. The Morgan fingerprint density at radius 1 is 0.875 bits per heavy atom. The molecule has 272 valence electrons. The van der Waals surface area contributed by atoms with Gasteiger partial charge in [-0.3, -0.25) is 9.69 Å². The summed E-state index contributed by atoms with van der Waals surface area (Å²) in [6, 6.07) is 0.535. The lowest BCUT2D eigenvalue weighted by molar-refractivity contribution is -0.273. The van der Waals surface area contributed by atoms with Gasteiger partial charge in [0.05, 0.1) is 25.8 Å². The van der Waals surface area contributed by atoms with Gasteiger partial charge in [0.1, 0.15) is 6.61 Å². The normalized spacial score (nSPS) is 45.6. The molecule has 7 fully saturated rings. The van der Waals surface area contributed by atoms with E-state index in [-0.39, 0.29) is 43.0 Å². The van der Waals surface area contributed by atoms with E-state index in [1.165, 1.54) is 64.2 Å². The molecule has 2 heterocycles. The number of carbonyl (C=O) groups is 2. The van der Waals surface area contributed by atoms with E-state index in [4.69, 9.17) is 14.2 Å². The number of rotatable bonds is 7. The zero-order valence-electron chi connectivity index (χ0n) is 31.1. The van der Waals surface area contributed by atoms with Crippen LogP contribution in [0.4, 0.5) is 4.79 Å². The van der Waals surface area contributed by atoms with Gasteiger partial charge in [0, 0.05) is 24.4 Å². The van der Waals surface area contributed by atoms with E-state index in [2.05, 4.69) is 33.0 Å². The summed E-state index contributed by atoms with van der Waals surface area (Å²) in [4.78, 5) is 29.9. The van der Waals surface area contributed by atoms with Crippen molar-refractivity contribution in [3.05, 3.63) is 0 Å². The predicted octanol–water partition coefficient (Wildman–Crippen LogP) is 7.25. The average Bonchev–Trinajstić information content (AvgIpc) is 3.50. The van der Waals surface area contributed by atoms with Gasteiger partial charge in [0.2, 0.25) is 0 Å². The van der Waals surface area contributed by atoms with E-state index in [1.807, 2.05) is 23.9 Å². The Kier molecular flexibility index (Phi) is 9.95. The smallest absolute Gasteiger partial charge is 0.320 e. The zero-order valence-corrected chi connectivity index (χ0v) is 31.1. The minimum atomic E-state index is -0.331. The average molecular weight is 670 g/mol. The van der Waals surface area contributed by atoms with Crippen LogP contribution in [-0.4, -0.2) is 86.2 Å². The first-order valence-electron chi connectivity index (χ1n) is 20.1. The van der Waals surface area contributed by atoms with Gasteiger partial charge >= 0.3 is 12.0 Å². The standard InChI is InChI=1S/C40H67N3O5/c1-26-14-19-40(47-25-26)27(2)36-34(48-40)23-33-31-13-12-28-22-29(15-17-38(28,3)32(31)16-18-39(33,36)4)41-37(45)43(30-10-8-7-9-11-30)20-21-46-35(44)24-42(5)6/h26-34,36H,7-25H2,1-6H3,(H,41,45)/t26-,27-,28+,29+,31+,32?,33?,34-,36-,38-,39-,40+/m0/s1. The number of nitrogens with zero attached hydrogens (tertiary/aromatic N) is 2. The third kappa shape index (κ3) is 6.24. The molecule has 8 nitrogen and oxygen atoms in total. The maximum Gasteiger partial charge on any atom is 0.320 e. The molecular formula is C40H67N3O5. The number of hydrogen-bond acceptors (Lipinski definition) is 6. The molecule has 48 heavy (non-hydrogen) atoms. The van der Waals surface area contributed by atoms with Crippen molar-refractivity contribution in [1.82, 2.24) is 15.1 Å². The summed E-state index contributed by atoms with van der Waals surface area (Å²) >= 11 is 0. The molecule has 2 amide bonds. The molecule has 0 aromatic heterocycles. The Hall–Kier alpha value is -1.38. The predicted molar refractivity (Wildman–Crippen MR) is 187 cm³/mol. The number of nitrogens with one attached hydrogen (secondary N) is 1. The zero-order chi connectivity index (χ0) is 33.8. The fraction of sp³-hybridized carbons (Fsp3) is 0.950. The lowest BCUT2D eigenvalue weighted by Crippen LogP contribution is -2.57. The summed E-state index contributed by atoms with van der Waals surface area (Å²) in [6.07, 6.45) is 18.3. The molecule has 7 rings (SSSR count). The first-order valence-corrected chi connectivity index (χ1v) is 20.1. The fourth-order valence-corrected chi connectivity index (χ4v) is 13.1. The highest BCUT2D eigenvalue weighted by molar-refractivity contribution is 5.75. The number of esters is 1. The van der Waals surface area contributed by atoms with Gasteiger partial charge in [-0.25, -0.2) is 4.79 Å². The first-order chi connectivity index (χ1) is 22.9. The summed E-state index contributed by atoms with van der Waals surface area (Å²) in [7, 11) is 3.73. The highest BCUT2D eigenvalue weighted by atomic mass is 16.7. The van der Waals surface area contributed by atoms with Crippen LogP contribution in [0.25, 0.3) is 0 Å². The number of likely N-dealkylation sites (N-methyl/N-ethyl adjacent to an activating group) is 1. The van der Waals surface area contributed by atoms with Crippen LogP contribution in [0.1, 0.15) is 124 Å². The maximum atomic E-state index is 13.9. The monoisotopic (exact) mass is 670 g/mol. The number of fused-ring (bicyclic) bond motifs is 7. The molecule has 2 saturated heterocycles. The first kappa shape index (κ1) is 35.0. The van der Waals surface area contributed by atoms with Crippen LogP contribution in [0, 0.1) is 52.3 Å². The molecule has 5 aliphatic carbocycles. The highest BCUT2D eigenvalue weighted by Gasteiger charge is 2.69. The molecule has 1 N–H and O–H groups in total. The quantitative estimate of drug-likeness (QED) is 0.288. The van der Waals surface area contributed by atoms with Crippen LogP contribution >= 0.6 is 0 Å². The van der Waals surface area contributed by atoms with Crippen molar-refractivity contribution in [2.45, 2.75) is 148 Å². The van der Waals surface area contributed by atoms with Gasteiger partial charge in [-0.2, -0.15) is 0 Å². The molecule has 0 aromatic carbocycles. The van der Waals surface area contributed by atoms with Crippen molar-refractivity contribution in [3.8, 4) is 0 Å². The van der Waals surface area contributed by atoms with Crippen molar-refractivity contribution < 1.29 is 23.8 Å². The Labute approximate surface area is 291 Å². The number of amides is 2. The lowest BCUT2D eigenvalue weighted by Gasteiger charge is -2.61. The van der Waals surface area contributed by atoms with E-state index in [0.717, 1.165) is 56.5 Å². The second-order valence-electron chi connectivity index (χ2n) is 18.5. The van der Waals surface area contributed by atoms with Gasteiger partial charge in [0.25, 0.3) is 0 Å². The van der Waals surface area contributed by atoms with E-state index in [0.29, 0.717) is 47.2 Å². The van der Waals surface area contributed by atoms with Crippen molar-refractivity contribution in [2.75, 3.05) is 40.4 Å². The van der Waals surface area contributed by atoms with Crippen LogP contribution in [-0.2, 0) is 19.0 Å². The Morgan fingerprint density at radius 2 is 1.65 bits per heavy atom. The van der Waals surface area contributed by atoms with Crippen molar-refractivity contribution >= 4 is 12.0 Å². The third-order valence-corrected chi connectivity index (χ3v) is 15.6. The van der Waals surface area contributed by atoms with Gasteiger partial charge < -0.3 is 24.4 Å². The van der Waals surface area contributed by atoms with Gasteiger partial charge in [-0.05, 0) is 131 Å². The van der Waals surface area contributed by atoms with Crippen molar-refractivity contribution in [2.24, 2.45) is 52.3 Å². The Balaban J connectivity index is 0.972. The van der Waals surface area contributed by atoms with Crippen molar-refractivity contribution in [1.29, 1.82) is 0 Å². The fourth-order valence-electron chi connectivity index (χ4n) is 13.1. The maximum absolute atomic E-state index is 13.9. The van der Waals surface area contributed by atoms with Crippen LogP contribution < -0.4 is 5.32 Å². The minimum absolute atomic E-state index is 0.0575. The molecule has 12 atom stereocenters. The van der Waals surface area contributed by atoms with Crippen molar-refractivity contribution in [3.63, 3.8) is 0 Å².